The second-order valence-electron chi connectivity index (χ2n) is 4.03. The van der Waals surface area contributed by atoms with Crippen LogP contribution in [0.1, 0.15) is 0 Å². The smallest absolute Gasteiger partial charge is 0.270 e. The van der Waals surface area contributed by atoms with Crippen molar-refractivity contribution in [3.8, 4) is 0 Å². The molecular weight excluding hydrogens is 277 g/mol. The summed E-state index contributed by atoms with van der Waals surface area (Å²) in [6.07, 6.45) is 0. The van der Waals surface area contributed by atoms with Crippen LogP contribution in [0.15, 0.2) is 23.1 Å². The van der Waals surface area contributed by atoms with Crippen LogP contribution in [0.25, 0.3) is 0 Å². The van der Waals surface area contributed by atoms with Crippen LogP contribution in [0, 0.1) is 15.9 Å². The zero-order chi connectivity index (χ0) is 14.0. The molecule has 0 amide bonds. The fourth-order valence-corrected chi connectivity index (χ4v) is 3.35. The summed E-state index contributed by atoms with van der Waals surface area (Å²) in [5, 5.41) is 13.6. The number of nitro groups is 1. The summed E-state index contributed by atoms with van der Waals surface area (Å²) in [5.74, 6) is -0.982. The second-order valence-corrected chi connectivity index (χ2v) is 5.93. The molecule has 2 rings (SSSR count). The number of halogens is 1. The first kappa shape index (κ1) is 13.8. The van der Waals surface area contributed by atoms with Crippen molar-refractivity contribution in [2.24, 2.45) is 0 Å². The molecule has 0 saturated carbocycles. The number of piperazine rings is 1. The van der Waals surface area contributed by atoms with Gasteiger partial charge in [0.05, 0.1) is 4.92 Å². The Hall–Kier alpha value is -1.58. The number of benzene rings is 1. The van der Waals surface area contributed by atoms with Crippen molar-refractivity contribution in [2.45, 2.75) is 4.90 Å². The van der Waals surface area contributed by atoms with E-state index in [2.05, 4.69) is 5.32 Å². The maximum absolute atomic E-state index is 13.6. The molecule has 1 aliphatic rings. The van der Waals surface area contributed by atoms with E-state index in [0.717, 1.165) is 22.5 Å². The van der Waals surface area contributed by atoms with Gasteiger partial charge in [-0.15, -0.1) is 0 Å². The van der Waals surface area contributed by atoms with Crippen molar-refractivity contribution >= 4 is 15.7 Å². The predicted molar refractivity (Wildman–Crippen MR) is 64.7 cm³/mol. The van der Waals surface area contributed by atoms with Crippen molar-refractivity contribution in [1.29, 1.82) is 0 Å². The SMILES string of the molecule is O=[N+]([O-])c1ccc(F)c(S(=O)(=O)N2CCNCC2)c1. The largest absolute Gasteiger partial charge is 0.314 e. The van der Waals surface area contributed by atoms with Gasteiger partial charge < -0.3 is 5.32 Å². The van der Waals surface area contributed by atoms with Crippen LogP contribution in [-0.2, 0) is 10.0 Å². The lowest BCUT2D eigenvalue weighted by atomic mass is 10.3. The Morgan fingerprint density at radius 1 is 1.32 bits per heavy atom. The van der Waals surface area contributed by atoms with Crippen LogP contribution in [0.5, 0.6) is 0 Å². The summed E-state index contributed by atoms with van der Waals surface area (Å²) in [4.78, 5) is 9.23. The van der Waals surface area contributed by atoms with Crippen molar-refractivity contribution in [1.82, 2.24) is 9.62 Å². The van der Waals surface area contributed by atoms with Gasteiger partial charge in [0.1, 0.15) is 10.7 Å². The highest BCUT2D eigenvalue weighted by Gasteiger charge is 2.30. The minimum Gasteiger partial charge on any atom is -0.314 e. The van der Waals surface area contributed by atoms with Crippen LogP contribution in [-0.4, -0.2) is 43.8 Å². The quantitative estimate of drug-likeness (QED) is 0.639. The highest BCUT2D eigenvalue weighted by molar-refractivity contribution is 7.89. The molecule has 0 radical (unpaired) electrons. The molecule has 104 valence electrons. The van der Waals surface area contributed by atoms with Gasteiger partial charge in [0.2, 0.25) is 10.0 Å². The zero-order valence-corrected chi connectivity index (χ0v) is 10.7. The molecule has 1 N–H and O–H groups in total. The lowest BCUT2D eigenvalue weighted by Crippen LogP contribution is -2.46. The van der Waals surface area contributed by atoms with Gasteiger partial charge in [-0.1, -0.05) is 0 Å². The van der Waals surface area contributed by atoms with Crippen LogP contribution < -0.4 is 5.32 Å². The van der Waals surface area contributed by atoms with Gasteiger partial charge in [-0.3, -0.25) is 10.1 Å². The van der Waals surface area contributed by atoms with Crippen molar-refractivity contribution in [3.05, 3.63) is 34.1 Å². The number of nitrogens with one attached hydrogen (secondary N) is 1. The van der Waals surface area contributed by atoms with Gasteiger partial charge in [0.15, 0.2) is 0 Å². The minimum atomic E-state index is -4.03. The molecule has 0 aliphatic carbocycles. The zero-order valence-electron chi connectivity index (χ0n) is 9.87. The lowest BCUT2D eigenvalue weighted by Gasteiger charge is -2.26. The van der Waals surface area contributed by atoms with E-state index in [1.165, 1.54) is 0 Å². The van der Waals surface area contributed by atoms with Gasteiger partial charge in [0, 0.05) is 38.3 Å². The first-order chi connectivity index (χ1) is 8.93. The molecular formula is C10H12FN3O4S. The molecule has 0 aromatic heterocycles. The number of hydrogen-bond acceptors (Lipinski definition) is 5. The molecule has 0 unspecified atom stereocenters. The maximum Gasteiger partial charge on any atom is 0.270 e. The Kier molecular flexibility index (Phi) is 3.78. The number of nitro benzene ring substituents is 1. The van der Waals surface area contributed by atoms with Crippen LogP contribution in [0.3, 0.4) is 0 Å². The van der Waals surface area contributed by atoms with Gasteiger partial charge in [-0.2, -0.15) is 4.31 Å². The lowest BCUT2D eigenvalue weighted by molar-refractivity contribution is -0.385. The maximum atomic E-state index is 13.6. The van der Waals surface area contributed by atoms with E-state index in [-0.39, 0.29) is 13.1 Å². The average Bonchev–Trinajstić information content (AvgIpc) is 2.39. The first-order valence-corrected chi connectivity index (χ1v) is 7.02. The normalized spacial score (nSPS) is 17.3. The molecule has 9 heteroatoms. The molecule has 1 fully saturated rings. The van der Waals surface area contributed by atoms with Crippen molar-refractivity contribution < 1.29 is 17.7 Å². The molecule has 1 saturated heterocycles. The summed E-state index contributed by atoms with van der Waals surface area (Å²) < 4.78 is 39.2. The number of rotatable bonds is 3. The predicted octanol–water partition coefficient (Wildman–Crippen LogP) is 0.328. The molecule has 1 aliphatic heterocycles. The van der Waals surface area contributed by atoms with Gasteiger partial charge in [-0.05, 0) is 6.07 Å². The molecule has 0 atom stereocenters. The molecule has 1 heterocycles. The van der Waals surface area contributed by atoms with Crippen LogP contribution >= 0.6 is 0 Å². The Bertz CT molecular complexity index is 599. The van der Waals surface area contributed by atoms with Crippen molar-refractivity contribution in [2.75, 3.05) is 26.2 Å². The number of nitrogens with zero attached hydrogens (tertiary/aromatic N) is 2. The third-order valence-electron chi connectivity index (χ3n) is 2.82. The highest BCUT2D eigenvalue weighted by Crippen LogP contribution is 2.24. The third kappa shape index (κ3) is 2.72. The molecule has 7 nitrogen and oxygen atoms in total. The van der Waals surface area contributed by atoms with Gasteiger partial charge in [-0.25, -0.2) is 12.8 Å². The number of non-ortho nitro benzene ring substituents is 1. The first-order valence-electron chi connectivity index (χ1n) is 5.58. The summed E-state index contributed by atoms with van der Waals surface area (Å²) in [6, 6.07) is 2.49. The summed E-state index contributed by atoms with van der Waals surface area (Å²) in [5.41, 5.74) is -0.449. The Labute approximate surface area is 109 Å². The fraction of sp³-hybridized carbons (Fsp3) is 0.400. The summed E-state index contributed by atoms with van der Waals surface area (Å²) >= 11 is 0. The Morgan fingerprint density at radius 3 is 2.53 bits per heavy atom. The van der Waals surface area contributed by atoms with E-state index < -0.39 is 31.3 Å². The highest BCUT2D eigenvalue weighted by atomic mass is 32.2. The fourth-order valence-electron chi connectivity index (χ4n) is 1.83. The molecule has 0 bridgehead atoms. The van der Waals surface area contributed by atoms with Gasteiger partial charge >= 0.3 is 0 Å². The van der Waals surface area contributed by atoms with E-state index >= 15 is 0 Å². The monoisotopic (exact) mass is 289 g/mol. The topological polar surface area (TPSA) is 92.5 Å². The van der Waals surface area contributed by atoms with Crippen LogP contribution in [0.4, 0.5) is 10.1 Å². The van der Waals surface area contributed by atoms with E-state index in [1.807, 2.05) is 0 Å². The van der Waals surface area contributed by atoms with E-state index in [4.69, 9.17) is 0 Å². The Balaban J connectivity index is 2.44. The third-order valence-corrected chi connectivity index (χ3v) is 4.73. The molecule has 1 aromatic carbocycles. The summed E-state index contributed by atoms with van der Waals surface area (Å²) in [7, 11) is -4.03. The minimum absolute atomic E-state index is 0.213. The summed E-state index contributed by atoms with van der Waals surface area (Å²) in [6.45, 7) is 1.36. The van der Waals surface area contributed by atoms with Gasteiger partial charge in [0.25, 0.3) is 5.69 Å². The number of hydrogen-bond donors (Lipinski definition) is 1. The van der Waals surface area contributed by atoms with Crippen LogP contribution in [0.2, 0.25) is 0 Å². The standard InChI is InChI=1S/C10H12FN3O4S/c11-9-2-1-8(14(15)16)7-10(9)19(17,18)13-5-3-12-4-6-13/h1-2,7,12H,3-6H2. The van der Waals surface area contributed by atoms with E-state index in [9.17, 15) is 22.9 Å². The molecule has 0 spiro atoms. The van der Waals surface area contributed by atoms with E-state index in [1.54, 1.807) is 0 Å². The second kappa shape index (κ2) is 5.19. The molecule has 19 heavy (non-hydrogen) atoms. The Morgan fingerprint density at radius 2 is 1.95 bits per heavy atom. The van der Waals surface area contributed by atoms with E-state index in [0.29, 0.717) is 13.1 Å². The van der Waals surface area contributed by atoms with Crippen molar-refractivity contribution in [3.63, 3.8) is 0 Å². The number of sulfonamides is 1. The molecule has 1 aromatic rings. The average molecular weight is 289 g/mol.